The fourth-order valence-electron chi connectivity index (χ4n) is 1.72. The molecule has 1 heterocycles. The van der Waals surface area contributed by atoms with E-state index in [1.807, 2.05) is 0 Å². The monoisotopic (exact) mass is 177 g/mol. The Balaban J connectivity index is 2.20. The summed E-state index contributed by atoms with van der Waals surface area (Å²) in [4.78, 5) is 0. The van der Waals surface area contributed by atoms with Crippen LogP contribution < -0.4 is 5.32 Å². The van der Waals surface area contributed by atoms with Crippen molar-refractivity contribution in [2.24, 2.45) is 0 Å². The number of hydrogen-bond donors (Lipinski definition) is 1. The van der Waals surface area contributed by atoms with Gasteiger partial charge < -0.3 is 10.1 Å². The van der Waals surface area contributed by atoms with Crippen LogP contribution in [-0.4, -0.2) is 13.7 Å². The molecule has 0 amide bonds. The Bertz CT molecular complexity index is 281. The average Bonchev–Trinajstić information content (AvgIpc) is 2.05. The molecule has 1 atom stereocenters. The predicted molar refractivity (Wildman–Crippen MR) is 52.5 cm³/mol. The third-order valence-electron chi connectivity index (χ3n) is 2.55. The zero-order chi connectivity index (χ0) is 9.10. The fraction of sp³-hybridized carbons (Fsp3) is 0.455. The maximum absolute atomic E-state index is 5.16. The van der Waals surface area contributed by atoms with Gasteiger partial charge in [-0.1, -0.05) is 24.3 Å². The van der Waals surface area contributed by atoms with Crippen molar-refractivity contribution >= 4 is 0 Å². The first-order chi connectivity index (χ1) is 6.42. The molecule has 1 N–H and O–H groups in total. The van der Waals surface area contributed by atoms with E-state index in [-0.39, 0.29) is 0 Å². The quantitative estimate of drug-likeness (QED) is 0.761. The van der Waals surface area contributed by atoms with Crippen molar-refractivity contribution in [3.05, 3.63) is 35.4 Å². The highest BCUT2D eigenvalue weighted by Gasteiger charge is 2.20. The van der Waals surface area contributed by atoms with Crippen molar-refractivity contribution in [1.82, 2.24) is 5.32 Å². The van der Waals surface area contributed by atoms with Gasteiger partial charge in [-0.3, -0.25) is 0 Å². The van der Waals surface area contributed by atoms with Crippen LogP contribution in [0, 0.1) is 0 Å². The van der Waals surface area contributed by atoms with E-state index >= 15 is 0 Å². The Morgan fingerprint density at radius 3 is 2.85 bits per heavy atom. The van der Waals surface area contributed by atoms with Gasteiger partial charge >= 0.3 is 0 Å². The van der Waals surface area contributed by atoms with E-state index < -0.39 is 0 Å². The standard InChI is InChI=1S/C11H15NO/c1-13-8-9-4-2-3-5-10(9)11-6-7-12-11/h2-5,11-12H,6-8H2,1H3. The zero-order valence-electron chi connectivity index (χ0n) is 7.92. The van der Waals surface area contributed by atoms with Gasteiger partial charge in [0.25, 0.3) is 0 Å². The second kappa shape index (κ2) is 3.90. The maximum Gasteiger partial charge on any atom is 0.0716 e. The molecule has 2 rings (SSSR count). The number of benzene rings is 1. The lowest BCUT2D eigenvalue weighted by Crippen LogP contribution is -2.35. The molecule has 13 heavy (non-hydrogen) atoms. The summed E-state index contributed by atoms with van der Waals surface area (Å²) < 4.78 is 5.16. The second-order valence-corrected chi connectivity index (χ2v) is 3.43. The Morgan fingerprint density at radius 1 is 1.46 bits per heavy atom. The van der Waals surface area contributed by atoms with Gasteiger partial charge in [-0.25, -0.2) is 0 Å². The lowest BCUT2D eigenvalue weighted by atomic mass is 9.94. The van der Waals surface area contributed by atoms with Crippen LogP contribution in [0.25, 0.3) is 0 Å². The number of hydrogen-bond acceptors (Lipinski definition) is 2. The minimum absolute atomic E-state index is 0.561. The molecule has 0 saturated carbocycles. The van der Waals surface area contributed by atoms with Gasteiger partial charge in [0.1, 0.15) is 0 Å². The maximum atomic E-state index is 5.16. The van der Waals surface area contributed by atoms with Crippen LogP contribution in [0.1, 0.15) is 23.6 Å². The van der Waals surface area contributed by atoms with Crippen molar-refractivity contribution in [1.29, 1.82) is 0 Å². The van der Waals surface area contributed by atoms with E-state index in [4.69, 9.17) is 4.74 Å². The van der Waals surface area contributed by atoms with E-state index in [0.29, 0.717) is 12.6 Å². The predicted octanol–water partition coefficient (Wildman–Crippen LogP) is 1.87. The van der Waals surface area contributed by atoms with E-state index in [2.05, 4.69) is 29.6 Å². The molecule has 2 heteroatoms. The molecule has 2 nitrogen and oxygen atoms in total. The topological polar surface area (TPSA) is 21.3 Å². The number of methoxy groups -OCH3 is 1. The highest BCUT2D eigenvalue weighted by atomic mass is 16.5. The second-order valence-electron chi connectivity index (χ2n) is 3.43. The molecule has 1 saturated heterocycles. The molecule has 0 aliphatic carbocycles. The van der Waals surface area contributed by atoms with Gasteiger partial charge in [0.2, 0.25) is 0 Å². The molecule has 70 valence electrons. The SMILES string of the molecule is COCc1ccccc1C1CCN1. The van der Waals surface area contributed by atoms with Gasteiger partial charge in [-0.2, -0.15) is 0 Å². The molecule has 1 aromatic rings. The van der Waals surface area contributed by atoms with Crippen molar-refractivity contribution in [2.45, 2.75) is 19.1 Å². The lowest BCUT2D eigenvalue weighted by Gasteiger charge is -2.29. The summed E-state index contributed by atoms with van der Waals surface area (Å²) in [5.74, 6) is 0. The molecule has 1 aliphatic heterocycles. The molecule has 0 radical (unpaired) electrons. The highest BCUT2D eigenvalue weighted by molar-refractivity contribution is 5.30. The van der Waals surface area contributed by atoms with Crippen LogP contribution in [-0.2, 0) is 11.3 Å². The third kappa shape index (κ3) is 1.74. The number of ether oxygens (including phenoxy) is 1. The van der Waals surface area contributed by atoms with Crippen molar-refractivity contribution < 1.29 is 4.74 Å². The van der Waals surface area contributed by atoms with Gasteiger partial charge in [0.15, 0.2) is 0 Å². The molecular formula is C11H15NO. The summed E-state index contributed by atoms with van der Waals surface area (Å²) in [5.41, 5.74) is 2.71. The van der Waals surface area contributed by atoms with Crippen LogP contribution in [0.3, 0.4) is 0 Å². The summed E-state index contributed by atoms with van der Waals surface area (Å²) in [6, 6.07) is 9.04. The summed E-state index contributed by atoms with van der Waals surface area (Å²) in [6.07, 6.45) is 1.25. The first kappa shape index (κ1) is 8.73. The molecular weight excluding hydrogens is 162 g/mol. The van der Waals surface area contributed by atoms with Crippen molar-refractivity contribution in [3.63, 3.8) is 0 Å². The minimum Gasteiger partial charge on any atom is -0.380 e. The van der Waals surface area contributed by atoms with E-state index in [1.165, 1.54) is 17.5 Å². The van der Waals surface area contributed by atoms with Crippen LogP contribution in [0.15, 0.2) is 24.3 Å². The van der Waals surface area contributed by atoms with Crippen LogP contribution >= 0.6 is 0 Å². The molecule has 0 bridgehead atoms. The molecule has 1 aromatic carbocycles. The molecule has 1 aliphatic rings. The van der Waals surface area contributed by atoms with Crippen LogP contribution in [0.2, 0.25) is 0 Å². The molecule has 1 fully saturated rings. The van der Waals surface area contributed by atoms with E-state index in [9.17, 15) is 0 Å². The summed E-state index contributed by atoms with van der Waals surface area (Å²) in [7, 11) is 1.74. The van der Waals surface area contributed by atoms with Crippen LogP contribution in [0.4, 0.5) is 0 Å². The summed E-state index contributed by atoms with van der Waals surface area (Å²) >= 11 is 0. The summed E-state index contributed by atoms with van der Waals surface area (Å²) in [5, 5.41) is 3.41. The zero-order valence-corrected chi connectivity index (χ0v) is 7.92. The molecule has 0 aromatic heterocycles. The average molecular weight is 177 g/mol. The Hall–Kier alpha value is -0.860. The summed E-state index contributed by atoms with van der Waals surface area (Å²) in [6.45, 7) is 1.86. The van der Waals surface area contributed by atoms with Crippen LogP contribution in [0.5, 0.6) is 0 Å². The molecule has 0 spiro atoms. The molecule has 1 unspecified atom stereocenters. The van der Waals surface area contributed by atoms with Crippen molar-refractivity contribution in [2.75, 3.05) is 13.7 Å². The normalized spacial score (nSPS) is 21.2. The Labute approximate surface area is 78.9 Å². The van der Waals surface area contributed by atoms with Gasteiger partial charge in [-0.05, 0) is 24.1 Å². The highest BCUT2D eigenvalue weighted by Crippen LogP contribution is 2.26. The van der Waals surface area contributed by atoms with Gasteiger partial charge in [0.05, 0.1) is 6.61 Å². The lowest BCUT2D eigenvalue weighted by molar-refractivity contribution is 0.182. The first-order valence-corrected chi connectivity index (χ1v) is 4.72. The van der Waals surface area contributed by atoms with Gasteiger partial charge in [0, 0.05) is 13.2 Å². The smallest absolute Gasteiger partial charge is 0.0716 e. The number of rotatable bonds is 3. The minimum atomic E-state index is 0.561. The van der Waals surface area contributed by atoms with E-state index in [0.717, 1.165) is 6.54 Å². The Kier molecular flexibility index (Phi) is 2.62. The number of nitrogens with one attached hydrogen (secondary N) is 1. The van der Waals surface area contributed by atoms with E-state index in [1.54, 1.807) is 7.11 Å². The Morgan fingerprint density at radius 2 is 2.23 bits per heavy atom. The fourth-order valence-corrected chi connectivity index (χ4v) is 1.72. The largest absolute Gasteiger partial charge is 0.380 e. The first-order valence-electron chi connectivity index (χ1n) is 4.72. The van der Waals surface area contributed by atoms with Crippen molar-refractivity contribution in [3.8, 4) is 0 Å². The third-order valence-corrected chi connectivity index (χ3v) is 2.55. The van der Waals surface area contributed by atoms with Gasteiger partial charge in [-0.15, -0.1) is 0 Å².